The van der Waals surface area contributed by atoms with Crippen LogP contribution in [-0.2, 0) is 11.3 Å². The summed E-state index contributed by atoms with van der Waals surface area (Å²) in [5.74, 6) is -0.912. The highest BCUT2D eigenvalue weighted by atomic mass is 19.1. The molecule has 0 saturated heterocycles. The van der Waals surface area contributed by atoms with Crippen LogP contribution in [0.4, 0.5) is 14.6 Å². The van der Waals surface area contributed by atoms with Gasteiger partial charge in [0.25, 0.3) is 0 Å². The van der Waals surface area contributed by atoms with Gasteiger partial charge in [0.15, 0.2) is 11.6 Å². The van der Waals surface area contributed by atoms with E-state index in [4.69, 9.17) is 9.47 Å². The summed E-state index contributed by atoms with van der Waals surface area (Å²) in [5.41, 5.74) is 0.756. The van der Waals surface area contributed by atoms with Crippen molar-refractivity contribution in [1.29, 1.82) is 0 Å². The molecule has 5 nitrogen and oxygen atoms in total. The zero-order valence-electron chi connectivity index (χ0n) is 12.3. The average Bonchev–Trinajstić information content (AvgIpc) is 2.49. The van der Waals surface area contributed by atoms with Gasteiger partial charge in [-0.05, 0) is 31.5 Å². The molecule has 0 bridgehead atoms. The van der Waals surface area contributed by atoms with Gasteiger partial charge in [0, 0.05) is 0 Å². The summed E-state index contributed by atoms with van der Waals surface area (Å²) in [4.78, 5) is 7.68. The van der Waals surface area contributed by atoms with Crippen molar-refractivity contribution in [3.63, 3.8) is 0 Å². The lowest BCUT2D eigenvalue weighted by molar-refractivity contribution is 0.0935. The van der Waals surface area contributed by atoms with Gasteiger partial charge in [-0.2, -0.15) is 4.98 Å². The number of aromatic nitrogens is 2. The Morgan fingerprint density at radius 1 is 1.18 bits per heavy atom. The van der Waals surface area contributed by atoms with Gasteiger partial charge < -0.3 is 14.8 Å². The van der Waals surface area contributed by atoms with E-state index in [9.17, 15) is 8.78 Å². The minimum absolute atomic E-state index is 0.00440. The van der Waals surface area contributed by atoms with E-state index in [1.807, 2.05) is 13.8 Å². The number of hydrogen-bond acceptors (Lipinski definition) is 5. The first kappa shape index (κ1) is 16.1. The maximum Gasteiger partial charge on any atom is 0.318 e. The molecule has 1 aromatic heterocycles. The van der Waals surface area contributed by atoms with Crippen LogP contribution in [0.5, 0.6) is 6.01 Å². The molecule has 0 saturated carbocycles. The largest absolute Gasteiger partial charge is 0.459 e. The smallest absolute Gasteiger partial charge is 0.318 e. The SMILES string of the molecule is CC(C)OCNc1nc(OCc2ccc(F)cc2)ncc1F. The molecule has 0 atom stereocenters. The minimum Gasteiger partial charge on any atom is -0.459 e. The maximum atomic E-state index is 13.6. The van der Waals surface area contributed by atoms with Crippen LogP contribution in [0.25, 0.3) is 0 Å². The van der Waals surface area contributed by atoms with Crippen molar-refractivity contribution in [2.45, 2.75) is 26.6 Å². The average molecular weight is 309 g/mol. The van der Waals surface area contributed by atoms with Crippen LogP contribution in [0.3, 0.4) is 0 Å². The molecule has 0 radical (unpaired) electrons. The molecule has 0 spiro atoms. The van der Waals surface area contributed by atoms with Crippen molar-refractivity contribution in [2.75, 3.05) is 12.0 Å². The fourth-order valence-electron chi connectivity index (χ4n) is 1.55. The Labute approximate surface area is 127 Å². The van der Waals surface area contributed by atoms with Gasteiger partial charge >= 0.3 is 6.01 Å². The standard InChI is InChI=1S/C15H17F2N3O2/c1-10(2)22-9-19-14-13(17)7-18-15(20-14)21-8-11-3-5-12(16)6-4-11/h3-7,10H,8-9H2,1-2H3,(H,18,19,20). The summed E-state index contributed by atoms with van der Waals surface area (Å²) in [6.45, 7) is 4.03. The van der Waals surface area contributed by atoms with Crippen molar-refractivity contribution in [2.24, 2.45) is 0 Å². The first-order valence-corrected chi connectivity index (χ1v) is 6.80. The molecule has 7 heteroatoms. The summed E-state index contributed by atoms with van der Waals surface area (Å²) < 4.78 is 37.0. The Morgan fingerprint density at radius 2 is 1.91 bits per heavy atom. The highest BCUT2D eigenvalue weighted by Gasteiger charge is 2.08. The molecule has 0 fully saturated rings. The highest BCUT2D eigenvalue weighted by molar-refractivity contribution is 5.35. The van der Waals surface area contributed by atoms with E-state index in [1.165, 1.54) is 12.1 Å². The topological polar surface area (TPSA) is 56.3 Å². The first-order valence-electron chi connectivity index (χ1n) is 6.80. The van der Waals surface area contributed by atoms with Gasteiger partial charge in [-0.1, -0.05) is 12.1 Å². The Bertz CT molecular complexity index is 606. The van der Waals surface area contributed by atoms with Crippen molar-refractivity contribution in [3.8, 4) is 6.01 Å². The monoisotopic (exact) mass is 309 g/mol. The summed E-state index contributed by atoms with van der Waals surface area (Å²) in [7, 11) is 0. The third-order valence-electron chi connectivity index (χ3n) is 2.66. The molecule has 118 valence electrons. The molecule has 2 aromatic rings. The van der Waals surface area contributed by atoms with Gasteiger partial charge in [0.1, 0.15) is 19.2 Å². The van der Waals surface area contributed by atoms with Gasteiger partial charge in [-0.15, -0.1) is 0 Å². The maximum absolute atomic E-state index is 13.6. The quantitative estimate of drug-likeness (QED) is 0.796. The number of halogens is 2. The van der Waals surface area contributed by atoms with E-state index in [-0.39, 0.29) is 37.1 Å². The highest BCUT2D eigenvalue weighted by Crippen LogP contribution is 2.14. The molecule has 1 aromatic carbocycles. The third-order valence-corrected chi connectivity index (χ3v) is 2.66. The number of rotatable bonds is 7. The zero-order chi connectivity index (χ0) is 15.9. The Morgan fingerprint density at radius 3 is 2.59 bits per heavy atom. The molecule has 2 rings (SSSR count). The van der Waals surface area contributed by atoms with Crippen molar-refractivity contribution in [1.82, 2.24) is 9.97 Å². The van der Waals surface area contributed by atoms with Crippen LogP contribution in [0, 0.1) is 11.6 Å². The van der Waals surface area contributed by atoms with Crippen LogP contribution in [0.15, 0.2) is 30.5 Å². The van der Waals surface area contributed by atoms with Crippen LogP contribution in [-0.4, -0.2) is 22.8 Å². The van der Waals surface area contributed by atoms with Crippen LogP contribution < -0.4 is 10.1 Å². The van der Waals surface area contributed by atoms with Crippen molar-refractivity contribution < 1.29 is 18.3 Å². The lowest BCUT2D eigenvalue weighted by Crippen LogP contribution is -2.14. The van der Waals surface area contributed by atoms with Gasteiger partial charge in [0.2, 0.25) is 0 Å². The molecule has 0 aliphatic carbocycles. The number of benzene rings is 1. The van der Waals surface area contributed by atoms with E-state index < -0.39 is 5.82 Å². The second-order valence-corrected chi connectivity index (χ2v) is 4.80. The van der Waals surface area contributed by atoms with E-state index in [2.05, 4.69) is 15.3 Å². The Balaban J connectivity index is 1.94. The molecule has 0 aliphatic heterocycles. The fraction of sp³-hybridized carbons (Fsp3) is 0.333. The fourth-order valence-corrected chi connectivity index (χ4v) is 1.55. The number of hydrogen-bond donors (Lipinski definition) is 1. The molecule has 0 unspecified atom stereocenters. The van der Waals surface area contributed by atoms with E-state index in [0.29, 0.717) is 0 Å². The molecule has 22 heavy (non-hydrogen) atoms. The lowest BCUT2D eigenvalue weighted by Gasteiger charge is -2.11. The summed E-state index contributed by atoms with van der Waals surface area (Å²) >= 11 is 0. The lowest BCUT2D eigenvalue weighted by atomic mass is 10.2. The third kappa shape index (κ3) is 4.92. The summed E-state index contributed by atoms with van der Waals surface area (Å²) in [6, 6.07) is 5.88. The molecule has 1 heterocycles. The van der Waals surface area contributed by atoms with E-state index in [1.54, 1.807) is 12.1 Å². The zero-order valence-corrected chi connectivity index (χ0v) is 12.3. The number of nitrogens with zero attached hydrogens (tertiary/aromatic N) is 2. The summed E-state index contributed by atoms with van der Waals surface area (Å²) in [5, 5.41) is 2.71. The second-order valence-electron chi connectivity index (χ2n) is 4.80. The van der Waals surface area contributed by atoms with Gasteiger partial charge in [-0.3, -0.25) is 0 Å². The van der Waals surface area contributed by atoms with E-state index in [0.717, 1.165) is 11.8 Å². The van der Waals surface area contributed by atoms with Crippen LogP contribution in [0.2, 0.25) is 0 Å². The Hall–Kier alpha value is -2.28. The molecular formula is C15H17F2N3O2. The molecule has 1 N–H and O–H groups in total. The minimum atomic E-state index is -0.596. The van der Waals surface area contributed by atoms with Crippen molar-refractivity contribution >= 4 is 5.82 Å². The number of nitrogens with one attached hydrogen (secondary N) is 1. The van der Waals surface area contributed by atoms with Gasteiger partial charge in [-0.25, -0.2) is 13.8 Å². The van der Waals surface area contributed by atoms with Gasteiger partial charge in [0.05, 0.1) is 12.3 Å². The number of ether oxygens (including phenoxy) is 2. The molecular weight excluding hydrogens is 292 g/mol. The van der Waals surface area contributed by atoms with Crippen LogP contribution >= 0.6 is 0 Å². The predicted octanol–water partition coefficient (Wildman–Crippen LogP) is 3.13. The van der Waals surface area contributed by atoms with Crippen LogP contribution in [0.1, 0.15) is 19.4 Å². The number of anilines is 1. The normalized spacial score (nSPS) is 10.8. The summed E-state index contributed by atoms with van der Waals surface area (Å²) in [6.07, 6.45) is 1.04. The predicted molar refractivity (Wildman–Crippen MR) is 77.4 cm³/mol. The first-order chi connectivity index (χ1) is 10.5. The molecule has 0 aliphatic rings. The second kappa shape index (κ2) is 7.65. The van der Waals surface area contributed by atoms with Crippen molar-refractivity contribution in [3.05, 3.63) is 47.7 Å². The Kier molecular flexibility index (Phi) is 5.60. The molecule has 0 amide bonds. The van der Waals surface area contributed by atoms with E-state index >= 15 is 0 Å².